The lowest BCUT2D eigenvalue weighted by atomic mass is 10.0. The van der Waals surface area contributed by atoms with Crippen molar-refractivity contribution in [1.82, 2.24) is 9.88 Å². The van der Waals surface area contributed by atoms with Gasteiger partial charge in [-0.25, -0.2) is 0 Å². The van der Waals surface area contributed by atoms with Crippen molar-refractivity contribution in [2.24, 2.45) is 0 Å². The van der Waals surface area contributed by atoms with Gasteiger partial charge in [0.25, 0.3) is 0 Å². The zero-order valence-corrected chi connectivity index (χ0v) is 12.6. The van der Waals surface area contributed by atoms with E-state index in [1.807, 2.05) is 6.07 Å². The van der Waals surface area contributed by atoms with Gasteiger partial charge in [-0.2, -0.15) is 0 Å². The Bertz CT molecular complexity index is 585. The molecule has 3 nitrogen and oxygen atoms in total. The molecule has 2 aromatic rings. The van der Waals surface area contributed by atoms with Gasteiger partial charge in [0.05, 0.1) is 10.6 Å². The molecule has 19 heavy (non-hydrogen) atoms. The zero-order chi connectivity index (χ0) is 13.2. The first-order valence-corrected chi connectivity index (χ1v) is 8.43. The number of aromatic nitrogens is 1. The summed E-state index contributed by atoms with van der Waals surface area (Å²) >= 11 is 3.05. The van der Waals surface area contributed by atoms with Crippen molar-refractivity contribution in [3.8, 4) is 10.6 Å². The number of rotatable bonds is 3. The van der Waals surface area contributed by atoms with Crippen LogP contribution >= 0.6 is 22.7 Å². The second kappa shape index (κ2) is 5.61. The van der Waals surface area contributed by atoms with Crippen LogP contribution in [0.4, 0.5) is 0 Å². The molecule has 1 atom stereocenters. The molecular formula is C14H18N2OS2. The molecule has 0 aromatic carbocycles. The Morgan fingerprint density at radius 1 is 1.47 bits per heavy atom. The highest BCUT2D eigenvalue weighted by Gasteiger charge is 2.21. The molecule has 1 N–H and O–H groups in total. The molecule has 1 unspecified atom stereocenters. The van der Waals surface area contributed by atoms with E-state index in [0.29, 0.717) is 6.04 Å². The van der Waals surface area contributed by atoms with Gasteiger partial charge < -0.3 is 4.98 Å². The monoisotopic (exact) mass is 294 g/mol. The average molecular weight is 294 g/mol. The molecule has 0 radical (unpaired) electrons. The largest absolute Gasteiger partial charge is 0.311 e. The summed E-state index contributed by atoms with van der Waals surface area (Å²) in [6.07, 6.45) is 3.88. The van der Waals surface area contributed by atoms with Gasteiger partial charge in [-0.05, 0) is 37.8 Å². The topological polar surface area (TPSA) is 36.1 Å². The maximum atomic E-state index is 11.7. The maximum Gasteiger partial charge on any atom is 0.305 e. The Morgan fingerprint density at radius 3 is 3.11 bits per heavy atom. The fraction of sp³-hybridized carbons (Fsp3) is 0.500. The van der Waals surface area contributed by atoms with Gasteiger partial charge in [-0.1, -0.05) is 23.8 Å². The Labute approximate surface area is 120 Å². The lowest BCUT2D eigenvalue weighted by Crippen LogP contribution is -2.36. The predicted octanol–water partition coefficient (Wildman–Crippen LogP) is 3.54. The summed E-state index contributed by atoms with van der Waals surface area (Å²) in [5.41, 5.74) is 1.03. The molecule has 5 heteroatoms. The molecule has 0 saturated carbocycles. The molecule has 0 bridgehead atoms. The van der Waals surface area contributed by atoms with E-state index in [1.165, 1.54) is 35.5 Å². The van der Waals surface area contributed by atoms with Crippen LogP contribution in [0.3, 0.4) is 0 Å². The van der Waals surface area contributed by atoms with E-state index < -0.39 is 0 Å². The van der Waals surface area contributed by atoms with Gasteiger partial charge in [-0.3, -0.25) is 9.69 Å². The number of piperidine rings is 1. The number of nitrogens with zero attached hydrogens (tertiary/aromatic N) is 1. The molecule has 1 fully saturated rings. The van der Waals surface area contributed by atoms with Gasteiger partial charge in [-0.15, -0.1) is 11.3 Å². The van der Waals surface area contributed by atoms with E-state index in [4.69, 9.17) is 0 Å². The lowest BCUT2D eigenvalue weighted by Gasteiger charge is -2.33. The summed E-state index contributed by atoms with van der Waals surface area (Å²) in [4.78, 5) is 19.6. The van der Waals surface area contributed by atoms with Crippen molar-refractivity contribution in [3.05, 3.63) is 32.1 Å². The summed E-state index contributed by atoms with van der Waals surface area (Å²) in [6.45, 7) is 4.34. The molecule has 2 aromatic heterocycles. The third kappa shape index (κ3) is 2.83. The number of H-pyrrole nitrogens is 1. The van der Waals surface area contributed by atoms with E-state index in [0.717, 1.165) is 23.7 Å². The molecule has 0 aliphatic carbocycles. The summed E-state index contributed by atoms with van der Waals surface area (Å²) in [6, 6.07) is 4.73. The van der Waals surface area contributed by atoms with Gasteiger partial charge >= 0.3 is 4.87 Å². The van der Waals surface area contributed by atoms with Gasteiger partial charge in [0.2, 0.25) is 0 Å². The van der Waals surface area contributed by atoms with Crippen molar-refractivity contribution in [3.63, 3.8) is 0 Å². The van der Waals surface area contributed by atoms with Crippen LogP contribution < -0.4 is 4.87 Å². The first kappa shape index (κ1) is 13.1. The van der Waals surface area contributed by atoms with Crippen molar-refractivity contribution < 1.29 is 0 Å². The summed E-state index contributed by atoms with van der Waals surface area (Å²) in [5.74, 6) is 0. The first-order valence-electron chi connectivity index (χ1n) is 6.74. The quantitative estimate of drug-likeness (QED) is 0.940. The Hall–Kier alpha value is -0.910. The van der Waals surface area contributed by atoms with Crippen LogP contribution in [0.25, 0.3) is 10.6 Å². The second-order valence-corrected chi connectivity index (χ2v) is 7.12. The Morgan fingerprint density at radius 2 is 2.37 bits per heavy atom. The number of hydrogen-bond donors (Lipinski definition) is 1. The van der Waals surface area contributed by atoms with Crippen LogP contribution in [0.5, 0.6) is 0 Å². The van der Waals surface area contributed by atoms with Crippen LogP contribution in [0.15, 0.2) is 22.3 Å². The fourth-order valence-corrected chi connectivity index (χ4v) is 4.36. The number of thiophene rings is 1. The molecule has 0 spiro atoms. The Balaban J connectivity index is 1.86. The van der Waals surface area contributed by atoms with Crippen molar-refractivity contribution in [2.75, 3.05) is 6.54 Å². The number of nitrogens with one attached hydrogen (secondary N) is 1. The number of thiazole rings is 1. The Kier molecular flexibility index (Phi) is 3.86. The highest BCUT2D eigenvalue weighted by atomic mass is 32.1. The third-order valence-corrected chi connectivity index (χ3v) is 5.53. The smallest absolute Gasteiger partial charge is 0.305 e. The van der Waals surface area contributed by atoms with E-state index in [9.17, 15) is 4.79 Å². The van der Waals surface area contributed by atoms with Gasteiger partial charge in [0.1, 0.15) is 0 Å². The summed E-state index contributed by atoms with van der Waals surface area (Å²) in [7, 11) is 0. The SMILES string of the molecule is CC1CCCCN1Cc1sc(=O)[nH]c1-c1cccs1. The minimum absolute atomic E-state index is 0.0584. The van der Waals surface area contributed by atoms with E-state index in [-0.39, 0.29) is 4.87 Å². The molecule has 3 heterocycles. The van der Waals surface area contributed by atoms with Crippen molar-refractivity contribution >= 4 is 22.7 Å². The molecule has 1 saturated heterocycles. The predicted molar refractivity (Wildman–Crippen MR) is 82.0 cm³/mol. The molecule has 0 amide bonds. The molecule has 1 aliphatic heterocycles. The highest BCUT2D eigenvalue weighted by Crippen LogP contribution is 2.29. The molecule has 3 rings (SSSR count). The first-order chi connectivity index (χ1) is 9.24. The van der Waals surface area contributed by atoms with Crippen LogP contribution in [0.1, 0.15) is 31.1 Å². The zero-order valence-electron chi connectivity index (χ0n) is 11.0. The van der Waals surface area contributed by atoms with E-state index >= 15 is 0 Å². The van der Waals surface area contributed by atoms with E-state index in [1.54, 1.807) is 11.3 Å². The molecule has 1 aliphatic rings. The van der Waals surface area contributed by atoms with Gasteiger partial charge in [0, 0.05) is 17.5 Å². The summed E-state index contributed by atoms with van der Waals surface area (Å²) in [5, 5.41) is 2.05. The van der Waals surface area contributed by atoms with Crippen molar-refractivity contribution in [2.45, 2.75) is 38.8 Å². The second-order valence-electron chi connectivity index (χ2n) is 5.11. The third-order valence-electron chi connectivity index (χ3n) is 3.78. The van der Waals surface area contributed by atoms with Gasteiger partial charge in [0.15, 0.2) is 0 Å². The fourth-order valence-electron chi connectivity index (χ4n) is 2.67. The molecular weight excluding hydrogens is 276 g/mol. The number of aromatic amines is 1. The van der Waals surface area contributed by atoms with E-state index in [2.05, 4.69) is 28.3 Å². The maximum absolute atomic E-state index is 11.7. The lowest BCUT2D eigenvalue weighted by molar-refractivity contribution is 0.154. The summed E-state index contributed by atoms with van der Waals surface area (Å²) < 4.78 is 0. The highest BCUT2D eigenvalue weighted by molar-refractivity contribution is 7.14. The minimum Gasteiger partial charge on any atom is -0.311 e. The normalized spacial score (nSPS) is 20.8. The van der Waals surface area contributed by atoms with Crippen LogP contribution in [-0.2, 0) is 6.54 Å². The average Bonchev–Trinajstić information content (AvgIpc) is 3.01. The van der Waals surface area contributed by atoms with Crippen LogP contribution in [-0.4, -0.2) is 22.5 Å². The van der Waals surface area contributed by atoms with Crippen molar-refractivity contribution in [1.29, 1.82) is 0 Å². The molecule has 102 valence electrons. The van der Waals surface area contributed by atoms with Crippen LogP contribution in [0, 0.1) is 0 Å². The minimum atomic E-state index is 0.0584. The number of likely N-dealkylation sites (tertiary alicyclic amines) is 1. The standard InChI is InChI=1S/C14H18N2OS2/c1-10-5-2-3-7-16(10)9-12-13(15-14(17)19-12)11-6-4-8-18-11/h4,6,8,10H,2-3,5,7,9H2,1H3,(H,15,17). The van der Waals surface area contributed by atoms with Crippen LogP contribution in [0.2, 0.25) is 0 Å². The number of hydrogen-bond acceptors (Lipinski definition) is 4.